The molecule has 0 aliphatic rings. The summed E-state index contributed by atoms with van der Waals surface area (Å²) in [6, 6.07) is 7.86. The Kier molecular flexibility index (Phi) is 5.65. The van der Waals surface area contributed by atoms with Crippen LogP contribution in [0.25, 0.3) is 0 Å². The lowest BCUT2D eigenvalue weighted by atomic mass is 10.1. The number of para-hydroxylation sites is 1. The van der Waals surface area contributed by atoms with Gasteiger partial charge in [-0.05, 0) is 38.8 Å². The predicted octanol–water partition coefficient (Wildman–Crippen LogP) is 1.48. The maximum atomic E-state index is 11.5. The van der Waals surface area contributed by atoms with E-state index in [1.54, 1.807) is 0 Å². The molecule has 100 valence electrons. The second-order valence-electron chi connectivity index (χ2n) is 4.80. The van der Waals surface area contributed by atoms with E-state index in [1.807, 2.05) is 45.0 Å². The number of amides is 1. The molecule has 1 unspecified atom stereocenters. The third-order valence-electron chi connectivity index (χ3n) is 2.32. The van der Waals surface area contributed by atoms with Crippen molar-refractivity contribution in [3.63, 3.8) is 0 Å². The quantitative estimate of drug-likeness (QED) is 0.803. The van der Waals surface area contributed by atoms with Crippen molar-refractivity contribution < 1.29 is 9.53 Å². The zero-order valence-corrected chi connectivity index (χ0v) is 11.3. The van der Waals surface area contributed by atoms with Crippen molar-refractivity contribution in [2.45, 2.75) is 39.3 Å². The molecule has 0 spiro atoms. The lowest BCUT2D eigenvalue weighted by Gasteiger charge is -2.13. The number of hydrogen-bond acceptors (Lipinski definition) is 3. The first-order chi connectivity index (χ1) is 8.49. The van der Waals surface area contributed by atoms with Gasteiger partial charge in [-0.3, -0.25) is 4.79 Å². The highest BCUT2D eigenvalue weighted by atomic mass is 16.5. The number of nitrogens with two attached hydrogens (primary N) is 1. The lowest BCUT2D eigenvalue weighted by Crippen LogP contribution is -2.34. The van der Waals surface area contributed by atoms with Crippen LogP contribution in [0, 0.1) is 0 Å². The number of ether oxygens (including phenoxy) is 1. The minimum absolute atomic E-state index is 0.0359. The Morgan fingerprint density at radius 1 is 1.33 bits per heavy atom. The van der Waals surface area contributed by atoms with E-state index in [-0.39, 0.29) is 24.6 Å². The summed E-state index contributed by atoms with van der Waals surface area (Å²) < 4.78 is 5.53. The van der Waals surface area contributed by atoms with Crippen LogP contribution in [0.1, 0.15) is 26.3 Å². The van der Waals surface area contributed by atoms with Crippen LogP contribution in [0.15, 0.2) is 24.3 Å². The lowest BCUT2D eigenvalue weighted by molar-refractivity contribution is -0.123. The smallest absolute Gasteiger partial charge is 0.258 e. The molecule has 3 N–H and O–H groups in total. The van der Waals surface area contributed by atoms with E-state index < -0.39 is 0 Å². The molecule has 1 rings (SSSR count). The molecule has 0 saturated carbocycles. The fourth-order valence-corrected chi connectivity index (χ4v) is 1.67. The molecule has 0 aliphatic heterocycles. The number of hydrogen-bond donors (Lipinski definition) is 2. The largest absolute Gasteiger partial charge is 0.483 e. The topological polar surface area (TPSA) is 64.3 Å². The maximum Gasteiger partial charge on any atom is 0.258 e. The van der Waals surface area contributed by atoms with Gasteiger partial charge in [-0.2, -0.15) is 0 Å². The van der Waals surface area contributed by atoms with Crippen molar-refractivity contribution in [3.05, 3.63) is 29.8 Å². The minimum atomic E-state index is -0.111. The van der Waals surface area contributed by atoms with Gasteiger partial charge in [0.25, 0.3) is 5.91 Å². The Labute approximate surface area is 109 Å². The van der Waals surface area contributed by atoms with E-state index in [0.29, 0.717) is 0 Å². The van der Waals surface area contributed by atoms with Crippen LogP contribution in [0.4, 0.5) is 0 Å². The summed E-state index contributed by atoms with van der Waals surface area (Å²) in [4.78, 5) is 11.5. The third-order valence-corrected chi connectivity index (χ3v) is 2.32. The molecule has 1 amide bonds. The molecule has 0 radical (unpaired) electrons. The Morgan fingerprint density at radius 3 is 2.61 bits per heavy atom. The molecule has 0 aliphatic carbocycles. The molecular weight excluding hydrogens is 228 g/mol. The van der Waals surface area contributed by atoms with E-state index in [9.17, 15) is 4.79 Å². The van der Waals surface area contributed by atoms with Crippen LogP contribution >= 0.6 is 0 Å². The average molecular weight is 250 g/mol. The number of nitrogens with one attached hydrogen (secondary N) is 1. The molecule has 1 atom stereocenters. The van der Waals surface area contributed by atoms with Crippen LogP contribution in [0.3, 0.4) is 0 Å². The Hall–Kier alpha value is -1.55. The van der Waals surface area contributed by atoms with Gasteiger partial charge in [0.1, 0.15) is 5.75 Å². The van der Waals surface area contributed by atoms with Gasteiger partial charge in [-0.1, -0.05) is 18.2 Å². The fourth-order valence-electron chi connectivity index (χ4n) is 1.67. The van der Waals surface area contributed by atoms with Crippen molar-refractivity contribution in [1.29, 1.82) is 0 Å². The van der Waals surface area contributed by atoms with Crippen LogP contribution < -0.4 is 15.8 Å². The highest BCUT2D eigenvalue weighted by Crippen LogP contribution is 2.19. The molecule has 18 heavy (non-hydrogen) atoms. The van der Waals surface area contributed by atoms with Gasteiger partial charge in [0.15, 0.2) is 6.61 Å². The molecule has 0 fully saturated rings. The monoisotopic (exact) mass is 250 g/mol. The Bertz CT molecular complexity index is 389. The Balaban J connectivity index is 2.58. The number of rotatable bonds is 6. The molecule has 0 saturated heterocycles. The highest BCUT2D eigenvalue weighted by molar-refractivity contribution is 5.77. The average Bonchev–Trinajstić information content (AvgIpc) is 2.26. The highest BCUT2D eigenvalue weighted by Gasteiger charge is 2.08. The first-order valence-corrected chi connectivity index (χ1v) is 6.24. The first kappa shape index (κ1) is 14.5. The van der Waals surface area contributed by atoms with Crippen molar-refractivity contribution in [3.8, 4) is 5.75 Å². The minimum Gasteiger partial charge on any atom is -0.483 e. The molecule has 0 bridgehead atoms. The van der Waals surface area contributed by atoms with E-state index >= 15 is 0 Å². The van der Waals surface area contributed by atoms with Crippen molar-refractivity contribution in [2.24, 2.45) is 5.73 Å². The number of carbonyl (C=O) groups is 1. The van der Waals surface area contributed by atoms with Crippen molar-refractivity contribution >= 4 is 5.91 Å². The molecule has 4 nitrogen and oxygen atoms in total. The number of benzene rings is 1. The summed E-state index contributed by atoms with van der Waals surface area (Å²) in [5, 5.41) is 2.78. The van der Waals surface area contributed by atoms with E-state index in [2.05, 4.69) is 5.32 Å². The standard InChI is InChI=1S/C14H22N2O2/c1-10(2)16-14(17)9-18-13-7-5-4-6-12(13)8-11(3)15/h4-7,10-11H,8-9,15H2,1-3H3,(H,16,17). The van der Waals surface area contributed by atoms with Gasteiger partial charge >= 0.3 is 0 Å². The summed E-state index contributed by atoms with van der Waals surface area (Å²) in [5.74, 6) is 0.620. The first-order valence-electron chi connectivity index (χ1n) is 6.24. The summed E-state index contributed by atoms with van der Waals surface area (Å²) in [7, 11) is 0. The summed E-state index contributed by atoms with van der Waals surface area (Å²) >= 11 is 0. The Morgan fingerprint density at radius 2 is 2.00 bits per heavy atom. The summed E-state index contributed by atoms with van der Waals surface area (Å²) in [5.41, 5.74) is 6.81. The maximum absolute atomic E-state index is 11.5. The SMILES string of the molecule is CC(N)Cc1ccccc1OCC(=O)NC(C)C. The van der Waals surface area contributed by atoms with Crippen molar-refractivity contribution in [2.75, 3.05) is 6.61 Å². The van der Waals surface area contributed by atoms with Gasteiger partial charge in [0, 0.05) is 12.1 Å². The van der Waals surface area contributed by atoms with E-state index in [0.717, 1.165) is 17.7 Å². The molecule has 1 aromatic carbocycles. The molecule has 1 aromatic rings. The van der Waals surface area contributed by atoms with Gasteiger partial charge in [-0.25, -0.2) is 0 Å². The normalized spacial score (nSPS) is 12.3. The zero-order chi connectivity index (χ0) is 13.5. The predicted molar refractivity (Wildman–Crippen MR) is 72.6 cm³/mol. The second-order valence-corrected chi connectivity index (χ2v) is 4.80. The van der Waals surface area contributed by atoms with Crippen LogP contribution in [-0.2, 0) is 11.2 Å². The van der Waals surface area contributed by atoms with Gasteiger partial charge in [0.05, 0.1) is 0 Å². The molecule has 4 heteroatoms. The summed E-state index contributed by atoms with van der Waals surface area (Å²) in [6.07, 6.45) is 0.738. The zero-order valence-electron chi connectivity index (χ0n) is 11.3. The molecular formula is C14H22N2O2. The van der Waals surface area contributed by atoms with Gasteiger partial charge in [-0.15, -0.1) is 0 Å². The number of carbonyl (C=O) groups excluding carboxylic acids is 1. The van der Waals surface area contributed by atoms with Crippen LogP contribution in [0.2, 0.25) is 0 Å². The second kappa shape index (κ2) is 7.01. The summed E-state index contributed by atoms with van der Waals surface area (Å²) in [6.45, 7) is 5.82. The van der Waals surface area contributed by atoms with Crippen molar-refractivity contribution in [1.82, 2.24) is 5.32 Å². The molecule has 0 heterocycles. The van der Waals surface area contributed by atoms with Crippen LogP contribution in [-0.4, -0.2) is 24.6 Å². The molecule has 0 aromatic heterocycles. The van der Waals surface area contributed by atoms with E-state index in [4.69, 9.17) is 10.5 Å². The third kappa shape index (κ3) is 5.19. The van der Waals surface area contributed by atoms with Gasteiger partial charge < -0.3 is 15.8 Å². The van der Waals surface area contributed by atoms with Crippen LogP contribution in [0.5, 0.6) is 5.75 Å². The van der Waals surface area contributed by atoms with E-state index in [1.165, 1.54) is 0 Å². The fraction of sp³-hybridized carbons (Fsp3) is 0.500. The van der Waals surface area contributed by atoms with Gasteiger partial charge in [0.2, 0.25) is 0 Å².